The molecule has 0 atom stereocenters. The Kier molecular flexibility index (Phi) is 5.26. The van der Waals surface area contributed by atoms with Gasteiger partial charge in [0.05, 0.1) is 5.60 Å². The van der Waals surface area contributed by atoms with Gasteiger partial charge in [0.15, 0.2) is 0 Å². The molecule has 0 spiro atoms. The van der Waals surface area contributed by atoms with E-state index in [1.807, 2.05) is 0 Å². The van der Waals surface area contributed by atoms with E-state index in [1.54, 1.807) is 24.3 Å². The average Bonchev–Trinajstić information content (AvgIpc) is 2.62. The number of rotatable bonds is 3. The van der Waals surface area contributed by atoms with Gasteiger partial charge in [-0.05, 0) is 31.0 Å². The van der Waals surface area contributed by atoms with Crippen molar-refractivity contribution in [2.24, 2.45) is 0 Å². The number of carbonyl (C=O) groups excluding carboxylic acids is 1. The molecule has 1 fully saturated rings. The van der Waals surface area contributed by atoms with Crippen molar-refractivity contribution >= 4 is 23.3 Å². The highest BCUT2D eigenvalue weighted by Gasteiger charge is 2.28. The van der Waals surface area contributed by atoms with Gasteiger partial charge in [0.2, 0.25) is 0 Å². The van der Waals surface area contributed by atoms with E-state index in [2.05, 4.69) is 10.6 Å². The molecule has 20 heavy (non-hydrogen) atoms. The minimum absolute atomic E-state index is 0.291. The van der Waals surface area contributed by atoms with Crippen LogP contribution in [0.3, 0.4) is 0 Å². The summed E-state index contributed by atoms with van der Waals surface area (Å²) in [5.41, 5.74) is -0.120. The molecule has 0 saturated heterocycles. The lowest BCUT2D eigenvalue weighted by Crippen LogP contribution is -2.44. The summed E-state index contributed by atoms with van der Waals surface area (Å²) < 4.78 is 0. The quantitative estimate of drug-likeness (QED) is 0.747. The van der Waals surface area contributed by atoms with Crippen LogP contribution >= 0.6 is 11.6 Å². The zero-order valence-corrected chi connectivity index (χ0v) is 12.2. The second kappa shape index (κ2) is 6.95. The summed E-state index contributed by atoms with van der Waals surface area (Å²) in [7, 11) is 0. The van der Waals surface area contributed by atoms with Crippen LogP contribution in [0.2, 0.25) is 5.02 Å². The van der Waals surface area contributed by atoms with Crippen molar-refractivity contribution in [2.75, 3.05) is 11.9 Å². The van der Waals surface area contributed by atoms with Crippen molar-refractivity contribution < 1.29 is 9.90 Å². The molecule has 2 amide bonds. The van der Waals surface area contributed by atoms with Gasteiger partial charge in [-0.15, -0.1) is 0 Å². The highest BCUT2D eigenvalue weighted by Crippen LogP contribution is 2.26. The third-order valence-corrected chi connectivity index (χ3v) is 3.93. The van der Waals surface area contributed by atoms with Crippen LogP contribution in [0, 0.1) is 0 Å². The predicted octanol–water partition coefficient (Wildman–Crippen LogP) is 3.55. The number of hydrogen-bond donors (Lipinski definition) is 3. The molecular formula is C15H21ClN2O2. The number of nitrogens with one attached hydrogen (secondary N) is 2. The predicted molar refractivity (Wildman–Crippen MR) is 81.1 cm³/mol. The third-order valence-electron chi connectivity index (χ3n) is 3.69. The van der Waals surface area contributed by atoms with E-state index >= 15 is 0 Å². The molecule has 1 aromatic carbocycles. The molecule has 1 saturated carbocycles. The molecule has 0 aliphatic heterocycles. The van der Waals surface area contributed by atoms with Crippen LogP contribution in [-0.4, -0.2) is 23.3 Å². The summed E-state index contributed by atoms with van der Waals surface area (Å²) in [6, 6.07) is 6.66. The zero-order valence-electron chi connectivity index (χ0n) is 11.5. The normalized spacial score (nSPS) is 18.1. The maximum atomic E-state index is 11.8. The number of anilines is 1. The van der Waals surface area contributed by atoms with Gasteiger partial charge in [-0.2, -0.15) is 0 Å². The van der Waals surface area contributed by atoms with E-state index in [0.717, 1.165) is 38.5 Å². The Morgan fingerprint density at radius 1 is 1.25 bits per heavy atom. The molecule has 1 aliphatic carbocycles. The first-order chi connectivity index (χ1) is 9.57. The number of amides is 2. The van der Waals surface area contributed by atoms with Crippen LogP contribution in [0.4, 0.5) is 10.5 Å². The van der Waals surface area contributed by atoms with Gasteiger partial charge in [-0.1, -0.05) is 43.4 Å². The van der Waals surface area contributed by atoms with Gasteiger partial charge in [0.1, 0.15) is 0 Å². The Morgan fingerprint density at radius 3 is 2.60 bits per heavy atom. The first kappa shape index (κ1) is 15.1. The Morgan fingerprint density at radius 2 is 1.95 bits per heavy atom. The van der Waals surface area contributed by atoms with Gasteiger partial charge < -0.3 is 15.7 Å². The van der Waals surface area contributed by atoms with E-state index in [1.165, 1.54) is 0 Å². The topological polar surface area (TPSA) is 61.4 Å². The first-order valence-corrected chi connectivity index (χ1v) is 7.48. The Bertz CT molecular complexity index is 457. The SMILES string of the molecule is O=C(NCC1(O)CCCCCC1)Nc1cccc(Cl)c1. The van der Waals surface area contributed by atoms with Crippen LogP contribution in [0.15, 0.2) is 24.3 Å². The fourth-order valence-electron chi connectivity index (χ4n) is 2.55. The number of carbonyl (C=O) groups is 1. The Labute approximate surface area is 124 Å². The molecule has 5 heteroatoms. The molecule has 4 nitrogen and oxygen atoms in total. The van der Waals surface area contributed by atoms with Gasteiger partial charge >= 0.3 is 6.03 Å². The number of benzene rings is 1. The van der Waals surface area contributed by atoms with Gasteiger partial charge in [-0.25, -0.2) is 4.79 Å². The van der Waals surface area contributed by atoms with Crippen LogP contribution in [-0.2, 0) is 0 Å². The van der Waals surface area contributed by atoms with Crippen LogP contribution in [0.25, 0.3) is 0 Å². The van der Waals surface area contributed by atoms with Crippen LogP contribution in [0.1, 0.15) is 38.5 Å². The smallest absolute Gasteiger partial charge is 0.319 e. The standard InChI is InChI=1S/C15H21ClN2O2/c16-12-6-5-7-13(10-12)18-14(19)17-11-15(20)8-3-1-2-4-9-15/h5-7,10,20H,1-4,8-9,11H2,(H2,17,18,19). The van der Waals surface area contributed by atoms with Crippen molar-refractivity contribution in [2.45, 2.75) is 44.1 Å². The van der Waals surface area contributed by atoms with E-state index < -0.39 is 5.60 Å². The van der Waals surface area contributed by atoms with Crippen LogP contribution < -0.4 is 10.6 Å². The number of urea groups is 1. The van der Waals surface area contributed by atoms with Crippen molar-refractivity contribution in [1.82, 2.24) is 5.32 Å². The molecule has 0 heterocycles. The fourth-order valence-corrected chi connectivity index (χ4v) is 2.74. The molecule has 0 unspecified atom stereocenters. The van der Waals surface area contributed by atoms with Gasteiger partial charge in [0.25, 0.3) is 0 Å². The summed E-state index contributed by atoms with van der Waals surface area (Å²) in [6.07, 6.45) is 5.88. The van der Waals surface area contributed by atoms with E-state index in [0.29, 0.717) is 17.3 Å². The zero-order chi connectivity index (χ0) is 14.4. The minimum Gasteiger partial charge on any atom is -0.388 e. The highest BCUT2D eigenvalue weighted by molar-refractivity contribution is 6.30. The number of aliphatic hydroxyl groups is 1. The van der Waals surface area contributed by atoms with Gasteiger partial charge in [0, 0.05) is 17.3 Å². The van der Waals surface area contributed by atoms with Crippen LogP contribution in [0.5, 0.6) is 0 Å². The second-order valence-electron chi connectivity index (χ2n) is 5.46. The Balaban J connectivity index is 1.82. The Hall–Kier alpha value is -1.26. The monoisotopic (exact) mass is 296 g/mol. The van der Waals surface area contributed by atoms with Crippen molar-refractivity contribution in [3.05, 3.63) is 29.3 Å². The van der Waals surface area contributed by atoms with Gasteiger partial charge in [-0.3, -0.25) is 0 Å². The molecule has 1 aliphatic rings. The number of hydrogen-bond acceptors (Lipinski definition) is 2. The van der Waals surface area contributed by atoms with Crippen molar-refractivity contribution in [1.29, 1.82) is 0 Å². The molecular weight excluding hydrogens is 276 g/mol. The first-order valence-electron chi connectivity index (χ1n) is 7.10. The highest BCUT2D eigenvalue weighted by atomic mass is 35.5. The third kappa shape index (κ3) is 4.69. The maximum absolute atomic E-state index is 11.8. The van der Waals surface area contributed by atoms with Crippen molar-refractivity contribution in [3.63, 3.8) is 0 Å². The summed E-state index contributed by atoms with van der Waals surface area (Å²) in [6.45, 7) is 0.291. The molecule has 2 rings (SSSR count). The van der Waals surface area contributed by atoms with E-state index in [9.17, 15) is 9.90 Å². The molecule has 0 bridgehead atoms. The summed E-state index contributed by atoms with van der Waals surface area (Å²) in [5, 5.41) is 16.5. The minimum atomic E-state index is -0.762. The average molecular weight is 297 g/mol. The maximum Gasteiger partial charge on any atom is 0.319 e. The largest absolute Gasteiger partial charge is 0.388 e. The summed E-state index contributed by atoms with van der Waals surface area (Å²) in [4.78, 5) is 11.8. The lowest BCUT2D eigenvalue weighted by Gasteiger charge is -2.26. The fraction of sp³-hybridized carbons (Fsp3) is 0.533. The molecule has 0 aromatic heterocycles. The second-order valence-corrected chi connectivity index (χ2v) is 5.89. The lowest BCUT2D eigenvalue weighted by molar-refractivity contribution is 0.0281. The summed E-state index contributed by atoms with van der Waals surface area (Å²) >= 11 is 5.86. The van der Waals surface area contributed by atoms with E-state index in [4.69, 9.17) is 11.6 Å². The van der Waals surface area contributed by atoms with E-state index in [-0.39, 0.29) is 6.03 Å². The molecule has 0 radical (unpaired) electrons. The number of halogens is 1. The molecule has 110 valence electrons. The summed E-state index contributed by atoms with van der Waals surface area (Å²) in [5.74, 6) is 0. The lowest BCUT2D eigenvalue weighted by atomic mass is 9.95. The molecule has 1 aromatic rings. The molecule has 3 N–H and O–H groups in total. The van der Waals surface area contributed by atoms with Crippen molar-refractivity contribution in [3.8, 4) is 0 Å².